The van der Waals surface area contributed by atoms with Crippen molar-refractivity contribution in [2.75, 3.05) is 7.11 Å². The molecule has 3 nitrogen and oxygen atoms in total. The van der Waals surface area contributed by atoms with E-state index in [-0.39, 0.29) is 12.0 Å². The molecule has 4 heteroatoms. The summed E-state index contributed by atoms with van der Waals surface area (Å²) in [7, 11) is 1.60. The summed E-state index contributed by atoms with van der Waals surface area (Å²) in [6, 6.07) is 6.23. The summed E-state index contributed by atoms with van der Waals surface area (Å²) in [5, 5.41) is 10.2. The first-order valence-electron chi connectivity index (χ1n) is 6.46. The van der Waals surface area contributed by atoms with E-state index in [2.05, 4.69) is 4.98 Å². The SMILES string of the molecule is COc1c(C)cnc(CC(O)c2ccccc2F)c1C. The Morgan fingerprint density at radius 3 is 2.65 bits per heavy atom. The van der Waals surface area contributed by atoms with Crippen molar-refractivity contribution in [1.82, 2.24) is 4.98 Å². The smallest absolute Gasteiger partial charge is 0.129 e. The average molecular weight is 275 g/mol. The number of hydrogen-bond donors (Lipinski definition) is 1. The number of aromatic nitrogens is 1. The normalized spacial score (nSPS) is 12.2. The third-order valence-corrected chi connectivity index (χ3v) is 3.40. The summed E-state index contributed by atoms with van der Waals surface area (Å²) in [5.74, 6) is 0.354. The fourth-order valence-corrected chi connectivity index (χ4v) is 2.32. The van der Waals surface area contributed by atoms with Crippen molar-refractivity contribution < 1.29 is 14.2 Å². The van der Waals surface area contributed by atoms with Crippen LogP contribution in [0.4, 0.5) is 4.39 Å². The van der Waals surface area contributed by atoms with Crippen LogP contribution in [0.1, 0.15) is 28.5 Å². The molecule has 0 bridgehead atoms. The highest BCUT2D eigenvalue weighted by Gasteiger charge is 2.17. The van der Waals surface area contributed by atoms with Gasteiger partial charge in [-0.3, -0.25) is 4.98 Å². The van der Waals surface area contributed by atoms with E-state index in [0.29, 0.717) is 5.69 Å². The molecule has 1 aromatic carbocycles. The van der Waals surface area contributed by atoms with Crippen molar-refractivity contribution in [1.29, 1.82) is 0 Å². The van der Waals surface area contributed by atoms with Gasteiger partial charge in [0.1, 0.15) is 11.6 Å². The Bertz CT molecular complexity index is 613. The van der Waals surface area contributed by atoms with Crippen molar-refractivity contribution in [3.63, 3.8) is 0 Å². The lowest BCUT2D eigenvalue weighted by Crippen LogP contribution is -2.08. The largest absolute Gasteiger partial charge is 0.496 e. The molecule has 1 heterocycles. The summed E-state index contributed by atoms with van der Waals surface area (Å²) < 4.78 is 19.0. The first kappa shape index (κ1) is 14.5. The molecule has 20 heavy (non-hydrogen) atoms. The molecule has 0 amide bonds. The molecule has 2 rings (SSSR count). The van der Waals surface area contributed by atoms with Gasteiger partial charge in [-0.2, -0.15) is 0 Å². The van der Waals surface area contributed by atoms with Gasteiger partial charge < -0.3 is 9.84 Å². The number of halogens is 1. The Labute approximate surface area is 118 Å². The number of hydrogen-bond acceptors (Lipinski definition) is 3. The van der Waals surface area contributed by atoms with Crippen LogP contribution in [0.5, 0.6) is 5.75 Å². The fourth-order valence-electron chi connectivity index (χ4n) is 2.32. The van der Waals surface area contributed by atoms with E-state index < -0.39 is 11.9 Å². The van der Waals surface area contributed by atoms with E-state index in [4.69, 9.17) is 4.74 Å². The second-order valence-corrected chi connectivity index (χ2v) is 4.79. The molecule has 106 valence electrons. The topological polar surface area (TPSA) is 42.4 Å². The molecule has 0 aliphatic heterocycles. The van der Waals surface area contributed by atoms with Crippen LogP contribution >= 0.6 is 0 Å². The Balaban J connectivity index is 2.29. The van der Waals surface area contributed by atoms with Gasteiger partial charge in [0.05, 0.1) is 13.2 Å². The minimum atomic E-state index is -0.921. The number of aryl methyl sites for hydroxylation is 1. The monoisotopic (exact) mass is 275 g/mol. The van der Waals surface area contributed by atoms with Gasteiger partial charge in [-0.1, -0.05) is 18.2 Å². The molecule has 0 saturated heterocycles. The molecule has 0 radical (unpaired) electrons. The molecule has 0 saturated carbocycles. The van der Waals surface area contributed by atoms with Crippen molar-refractivity contribution in [2.45, 2.75) is 26.4 Å². The minimum absolute atomic E-state index is 0.253. The Kier molecular flexibility index (Phi) is 4.35. The number of nitrogens with zero attached hydrogens (tertiary/aromatic N) is 1. The van der Waals surface area contributed by atoms with E-state index in [9.17, 15) is 9.50 Å². The first-order chi connectivity index (χ1) is 9.54. The number of aliphatic hydroxyl groups is 1. The third kappa shape index (κ3) is 2.80. The summed E-state index contributed by atoms with van der Waals surface area (Å²) in [6.07, 6.45) is 1.04. The van der Waals surface area contributed by atoms with E-state index in [0.717, 1.165) is 16.9 Å². The van der Waals surface area contributed by atoms with Gasteiger partial charge in [-0.15, -0.1) is 0 Å². The number of rotatable bonds is 4. The highest BCUT2D eigenvalue weighted by atomic mass is 19.1. The van der Waals surface area contributed by atoms with Crippen LogP contribution in [-0.2, 0) is 6.42 Å². The van der Waals surface area contributed by atoms with Crippen LogP contribution in [-0.4, -0.2) is 17.2 Å². The average Bonchev–Trinajstić information content (AvgIpc) is 2.43. The zero-order chi connectivity index (χ0) is 14.7. The molecule has 1 unspecified atom stereocenters. The quantitative estimate of drug-likeness (QED) is 0.932. The van der Waals surface area contributed by atoms with Crippen LogP contribution in [0.2, 0.25) is 0 Å². The fraction of sp³-hybridized carbons (Fsp3) is 0.312. The predicted molar refractivity (Wildman–Crippen MR) is 75.3 cm³/mol. The second kappa shape index (κ2) is 6.01. The summed E-state index contributed by atoms with van der Waals surface area (Å²) in [4.78, 5) is 4.32. The van der Waals surface area contributed by atoms with Crippen LogP contribution < -0.4 is 4.74 Å². The third-order valence-electron chi connectivity index (χ3n) is 3.40. The second-order valence-electron chi connectivity index (χ2n) is 4.79. The number of aliphatic hydroxyl groups excluding tert-OH is 1. The van der Waals surface area contributed by atoms with Gasteiger partial charge in [0, 0.05) is 35.0 Å². The van der Waals surface area contributed by atoms with E-state index in [1.165, 1.54) is 6.07 Å². The summed E-state index contributed by atoms with van der Waals surface area (Å²) in [6.45, 7) is 3.80. The Morgan fingerprint density at radius 1 is 1.30 bits per heavy atom. The van der Waals surface area contributed by atoms with E-state index >= 15 is 0 Å². The number of ether oxygens (including phenoxy) is 1. The molecule has 0 aliphatic carbocycles. The number of pyridine rings is 1. The predicted octanol–water partition coefficient (Wildman–Crippen LogP) is 3.12. The number of methoxy groups -OCH3 is 1. The molecule has 2 aromatic rings. The zero-order valence-corrected chi connectivity index (χ0v) is 11.9. The summed E-state index contributed by atoms with van der Waals surface area (Å²) in [5.41, 5.74) is 2.81. The lowest BCUT2D eigenvalue weighted by Gasteiger charge is -2.15. The van der Waals surface area contributed by atoms with Crippen LogP contribution in [0.3, 0.4) is 0 Å². The standard InChI is InChI=1S/C16H18FNO2/c1-10-9-18-14(11(2)16(10)20-3)8-15(19)12-6-4-5-7-13(12)17/h4-7,9,15,19H,8H2,1-3H3. The van der Waals surface area contributed by atoms with Gasteiger partial charge in [0.2, 0.25) is 0 Å². The lowest BCUT2D eigenvalue weighted by molar-refractivity contribution is 0.172. The zero-order valence-electron chi connectivity index (χ0n) is 11.9. The van der Waals surface area contributed by atoms with E-state index in [1.807, 2.05) is 13.8 Å². The highest BCUT2D eigenvalue weighted by Crippen LogP contribution is 2.27. The van der Waals surface area contributed by atoms with Crippen LogP contribution in [0, 0.1) is 19.7 Å². The molecule has 1 N–H and O–H groups in total. The number of benzene rings is 1. The van der Waals surface area contributed by atoms with Crippen molar-refractivity contribution in [3.8, 4) is 5.75 Å². The highest BCUT2D eigenvalue weighted by molar-refractivity contribution is 5.41. The Hall–Kier alpha value is -1.94. The molecular formula is C16H18FNO2. The van der Waals surface area contributed by atoms with Crippen LogP contribution in [0.25, 0.3) is 0 Å². The molecular weight excluding hydrogens is 257 g/mol. The minimum Gasteiger partial charge on any atom is -0.496 e. The molecule has 0 fully saturated rings. The summed E-state index contributed by atoms with van der Waals surface area (Å²) >= 11 is 0. The Morgan fingerprint density at radius 2 is 2.00 bits per heavy atom. The van der Waals surface area contributed by atoms with Crippen molar-refractivity contribution >= 4 is 0 Å². The first-order valence-corrected chi connectivity index (χ1v) is 6.46. The maximum atomic E-state index is 13.6. The van der Waals surface area contributed by atoms with E-state index in [1.54, 1.807) is 31.5 Å². The molecule has 0 aliphatic rings. The van der Waals surface area contributed by atoms with Crippen molar-refractivity contribution in [2.24, 2.45) is 0 Å². The molecule has 1 atom stereocenters. The van der Waals surface area contributed by atoms with Gasteiger partial charge in [-0.05, 0) is 19.9 Å². The lowest BCUT2D eigenvalue weighted by atomic mass is 10.0. The van der Waals surface area contributed by atoms with Gasteiger partial charge in [-0.25, -0.2) is 4.39 Å². The molecule has 0 spiro atoms. The van der Waals surface area contributed by atoms with Gasteiger partial charge in [0.15, 0.2) is 0 Å². The maximum Gasteiger partial charge on any atom is 0.129 e. The maximum absolute atomic E-state index is 13.6. The van der Waals surface area contributed by atoms with Crippen molar-refractivity contribution in [3.05, 3.63) is 58.7 Å². The van der Waals surface area contributed by atoms with Gasteiger partial charge in [0.25, 0.3) is 0 Å². The molecule has 1 aromatic heterocycles. The van der Waals surface area contributed by atoms with Crippen LogP contribution in [0.15, 0.2) is 30.5 Å². The van der Waals surface area contributed by atoms with Gasteiger partial charge >= 0.3 is 0 Å².